The van der Waals surface area contributed by atoms with Gasteiger partial charge in [0.05, 0.1) is 11.4 Å². The molecule has 1 heterocycles. The van der Waals surface area contributed by atoms with Gasteiger partial charge in [-0.05, 0) is 41.1 Å². The van der Waals surface area contributed by atoms with Gasteiger partial charge in [-0.1, -0.05) is 58.4 Å². The monoisotopic (exact) mass is 373 g/mol. The van der Waals surface area contributed by atoms with Gasteiger partial charge in [-0.25, -0.2) is 0 Å². The zero-order valence-electron chi connectivity index (χ0n) is 11.5. The molecule has 0 aliphatic carbocycles. The fourth-order valence-corrected chi connectivity index (χ4v) is 3.22. The summed E-state index contributed by atoms with van der Waals surface area (Å²) in [5, 5.41) is -0.225. The summed E-state index contributed by atoms with van der Waals surface area (Å²) in [7, 11) is 0. The third kappa shape index (κ3) is 3.31. The van der Waals surface area contributed by atoms with Crippen molar-refractivity contribution in [1.82, 2.24) is 4.90 Å². The van der Waals surface area contributed by atoms with Crippen LogP contribution in [0.2, 0.25) is 0 Å². The average Bonchev–Trinajstić information content (AvgIpc) is 2.78. The highest BCUT2D eigenvalue weighted by molar-refractivity contribution is 9.10. The molecule has 3 nitrogen and oxygen atoms in total. The van der Waals surface area contributed by atoms with Gasteiger partial charge < -0.3 is 0 Å². The van der Waals surface area contributed by atoms with Crippen LogP contribution in [0.1, 0.15) is 11.1 Å². The number of carbonyl (C=O) groups excluding carboxylic acids is 2. The standard InChI is InChI=1S/C17H12BrNO2S/c18-14-8-6-12(7-9-14)10-15-16(20)19(17(21)22-15)11-13-4-2-1-3-5-13/h1-10H,11H2/b15-10-. The van der Waals surface area contributed by atoms with E-state index < -0.39 is 0 Å². The molecule has 2 amide bonds. The molecule has 0 atom stereocenters. The van der Waals surface area contributed by atoms with E-state index in [1.54, 1.807) is 6.08 Å². The van der Waals surface area contributed by atoms with Crippen LogP contribution in [0.15, 0.2) is 64.0 Å². The maximum absolute atomic E-state index is 12.4. The number of hydrogen-bond acceptors (Lipinski definition) is 3. The van der Waals surface area contributed by atoms with E-state index >= 15 is 0 Å². The minimum absolute atomic E-state index is 0.225. The van der Waals surface area contributed by atoms with Gasteiger partial charge in [-0.15, -0.1) is 0 Å². The maximum Gasteiger partial charge on any atom is 0.293 e. The number of halogens is 1. The first kappa shape index (κ1) is 15.1. The Morgan fingerprint density at radius 3 is 2.36 bits per heavy atom. The summed E-state index contributed by atoms with van der Waals surface area (Å²) in [5.74, 6) is -0.234. The molecule has 1 saturated heterocycles. The van der Waals surface area contributed by atoms with Gasteiger partial charge in [0.2, 0.25) is 0 Å². The van der Waals surface area contributed by atoms with Crippen LogP contribution in [0.5, 0.6) is 0 Å². The van der Waals surface area contributed by atoms with Crippen LogP contribution in [0.25, 0.3) is 6.08 Å². The van der Waals surface area contributed by atoms with Gasteiger partial charge in [0.25, 0.3) is 11.1 Å². The molecule has 2 aromatic carbocycles. The second kappa shape index (κ2) is 6.50. The second-order valence-electron chi connectivity index (χ2n) is 4.81. The van der Waals surface area contributed by atoms with Crippen molar-refractivity contribution in [3.8, 4) is 0 Å². The van der Waals surface area contributed by atoms with Gasteiger partial charge in [0.1, 0.15) is 0 Å². The summed E-state index contributed by atoms with van der Waals surface area (Å²) in [4.78, 5) is 26.2. The molecule has 3 rings (SSSR count). The molecule has 0 unspecified atom stereocenters. The van der Waals surface area contributed by atoms with E-state index in [0.29, 0.717) is 11.4 Å². The second-order valence-corrected chi connectivity index (χ2v) is 6.71. The van der Waals surface area contributed by atoms with Crippen LogP contribution in [0, 0.1) is 0 Å². The summed E-state index contributed by atoms with van der Waals surface area (Å²) in [6.45, 7) is 0.309. The molecular formula is C17H12BrNO2S. The highest BCUT2D eigenvalue weighted by Gasteiger charge is 2.34. The van der Waals surface area contributed by atoms with E-state index in [1.807, 2.05) is 54.6 Å². The molecular weight excluding hydrogens is 362 g/mol. The van der Waals surface area contributed by atoms with Crippen LogP contribution >= 0.6 is 27.7 Å². The number of hydrogen-bond donors (Lipinski definition) is 0. The third-order valence-corrected chi connectivity index (χ3v) is 4.66. The Hall–Kier alpha value is -1.85. The number of imide groups is 1. The topological polar surface area (TPSA) is 37.4 Å². The normalized spacial score (nSPS) is 16.6. The molecule has 0 radical (unpaired) electrons. The lowest BCUT2D eigenvalue weighted by atomic mass is 10.2. The Kier molecular flexibility index (Phi) is 4.45. The van der Waals surface area contributed by atoms with Gasteiger partial charge >= 0.3 is 0 Å². The molecule has 0 saturated carbocycles. The van der Waals surface area contributed by atoms with Crippen LogP contribution in [-0.4, -0.2) is 16.0 Å². The largest absolute Gasteiger partial charge is 0.293 e. The number of benzene rings is 2. The highest BCUT2D eigenvalue weighted by atomic mass is 79.9. The number of rotatable bonds is 3. The summed E-state index contributed by atoms with van der Waals surface area (Å²) >= 11 is 4.36. The van der Waals surface area contributed by atoms with E-state index in [0.717, 1.165) is 27.4 Å². The predicted molar refractivity (Wildman–Crippen MR) is 92.1 cm³/mol. The SMILES string of the molecule is O=C1S/C(=C\c2ccc(Br)cc2)C(=O)N1Cc1ccccc1. The minimum atomic E-state index is -0.234. The number of nitrogens with zero attached hydrogens (tertiary/aromatic N) is 1. The molecule has 0 N–H and O–H groups in total. The van der Waals surface area contributed by atoms with Crippen LogP contribution in [0.4, 0.5) is 4.79 Å². The quantitative estimate of drug-likeness (QED) is 0.732. The van der Waals surface area contributed by atoms with Crippen molar-refractivity contribution in [3.05, 3.63) is 75.1 Å². The molecule has 110 valence electrons. The Balaban J connectivity index is 1.80. The zero-order chi connectivity index (χ0) is 15.5. The Bertz CT molecular complexity index is 741. The molecule has 0 aromatic heterocycles. The summed E-state index contributed by atoms with van der Waals surface area (Å²) in [6, 6.07) is 17.1. The molecule has 5 heteroatoms. The Labute approximate surface area is 141 Å². The van der Waals surface area contributed by atoms with Crippen molar-refractivity contribution in [2.45, 2.75) is 6.54 Å². The van der Waals surface area contributed by atoms with Gasteiger partial charge in [0.15, 0.2) is 0 Å². The van der Waals surface area contributed by atoms with E-state index in [1.165, 1.54) is 4.90 Å². The molecule has 1 aliphatic heterocycles. The van der Waals surface area contributed by atoms with Crippen molar-refractivity contribution in [2.24, 2.45) is 0 Å². The molecule has 1 fully saturated rings. The van der Waals surface area contributed by atoms with E-state index in [9.17, 15) is 9.59 Å². The first-order chi connectivity index (χ1) is 10.6. The third-order valence-electron chi connectivity index (χ3n) is 3.22. The van der Waals surface area contributed by atoms with Crippen molar-refractivity contribution in [1.29, 1.82) is 0 Å². The van der Waals surface area contributed by atoms with Crippen molar-refractivity contribution >= 4 is 44.9 Å². The van der Waals surface area contributed by atoms with Gasteiger partial charge in [-0.2, -0.15) is 0 Å². The first-order valence-corrected chi connectivity index (χ1v) is 8.29. The van der Waals surface area contributed by atoms with Crippen LogP contribution in [0.3, 0.4) is 0 Å². The lowest BCUT2D eigenvalue weighted by Crippen LogP contribution is -2.27. The summed E-state index contributed by atoms with van der Waals surface area (Å²) in [5.41, 5.74) is 1.84. The number of thioether (sulfide) groups is 1. The zero-order valence-corrected chi connectivity index (χ0v) is 13.9. The number of amides is 2. The fraction of sp³-hybridized carbons (Fsp3) is 0.0588. The van der Waals surface area contributed by atoms with Gasteiger partial charge in [-0.3, -0.25) is 14.5 Å². The predicted octanol–water partition coefficient (Wildman–Crippen LogP) is 4.69. The number of carbonyl (C=O) groups is 2. The summed E-state index contributed by atoms with van der Waals surface area (Å²) < 4.78 is 0.974. The lowest BCUT2D eigenvalue weighted by molar-refractivity contribution is -0.123. The highest BCUT2D eigenvalue weighted by Crippen LogP contribution is 2.33. The molecule has 0 spiro atoms. The van der Waals surface area contributed by atoms with Crippen molar-refractivity contribution in [3.63, 3.8) is 0 Å². The minimum Gasteiger partial charge on any atom is -0.268 e. The lowest BCUT2D eigenvalue weighted by Gasteiger charge is -2.12. The Morgan fingerprint density at radius 1 is 1.00 bits per heavy atom. The van der Waals surface area contributed by atoms with Crippen LogP contribution in [-0.2, 0) is 11.3 Å². The summed E-state index contributed by atoms with van der Waals surface area (Å²) in [6.07, 6.45) is 1.75. The Morgan fingerprint density at radius 2 is 1.68 bits per heavy atom. The molecule has 2 aromatic rings. The molecule has 0 bridgehead atoms. The van der Waals surface area contributed by atoms with E-state index in [4.69, 9.17) is 0 Å². The average molecular weight is 374 g/mol. The smallest absolute Gasteiger partial charge is 0.268 e. The van der Waals surface area contributed by atoms with E-state index in [2.05, 4.69) is 15.9 Å². The first-order valence-electron chi connectivity index (χ1n) is 6.68. The van der Waals surface area contributed by atoms with Crippen LogP contribution < -0.4 is 0 Å². The van der Waals surface area contributed by atoms with Crippen molar-refractivity contribution in [2.75, 3.05) is 0 Å². The van der Waals surface area contributed by atoms with E-state index in [-0.39, 0.29) is 11.1 Å². The molecule has 22 heavy (non-hydrogen) atoms. The van der Waals surface area contributed by atoms with Gasteiger partial charge in [0, 0.05) is 4.47 Å². The fourth-order valence-electron chi connectivity index (χ4n) is 2.11. The van der Waals surface area contributed by atoms with Crippen molar-refractivity contribution < 1.29 is 9.59 Å². The molecule has 1 aliphatic rings. The maximum atomic E-state index is 12.4.